The number of rotatable bonds is 4. The van der Waals surface area contributed by atoms with Crippen molar-refractivity contribution in [2.24, 2.45) is 0 Å². The summed E-state index contributed by atoms with van der Waals surface area (Å²) in [5.74, 6) is 0.814. The van der Waals surface area contributed by atoms with Crippen LogP contribution in [0.1, 0.15) is 30.3 Å². The largest absolute Gasteiger partial charge is 0.445 e. The van der Waals surface area contributed by atoms with E-state index in [4.69, 9.17) is 9.72 Å². The van der Waals surface area contributed by atoms with Crippen LogP contribution in [-0.4, -0.2) is 32.5 Å². The van der Waals surface area contributed by atoms with E-state index < -0.39 is 0 Å². The van der Waals surface area contributed by atoms with Crippen molar-refractivity contribution < 1.29 is 9.53 Å². The molecule has 0 aliphatic carbocycles. The van der Waals surface area contributed by atoms with Crippen LogP contribution in [0.2, 0.25) is 0 Å². The number of hydrogen-bond donors (Lipinski definition) is 2. The Morgan fingerprint density at radius 3 is 2.88 bits per heavy atom. The molecule has 1 atom stereocenters. The Kier molecular flexibility index (Phi) is 4.83. The van der Waals surface area contributed by atoms with Gasteiger partial charge in [0, 0.05) is 18.3 Å². The van der Waals surface area contributed by atoms with E-state index >= 15 is 0 Å². The molecule has 0 unspecified atom stereocenters. The average Bonchev–Trinajstić information content (AvgIpc) is 3.61. The fraction of sp³-hybridized carbons (Fsp3) is 0.185. The zero-order chi connectivity index (χ0) is 22.2. The number of benzene rings is 3. The quantitative estimate of drug-likeness (QED) is 0.353. The predicted molar refractivity (Wildman–Crippen MR) is 129 cm³/mol. The summed E-state index contributed by atoms with van der Waals surface area (Å²) in [5.41, 5.74) is 6.25. The van der Waals surface area contributed by atoms with E-state index in [0.29, 0.717) is 6.54 Å². The van der Waals surface area contributed by atoms with Crippen LogP contribution >= 0.6 is 0 Å². The van der Waals surface area contributed by atoms with Crippen molar-refractivity contribution in [2.75, 3.05) is 6.54 Å². The second-order valence-electron chi connectivity index (χ2n) is 8.49. The number of imidazole rings is 1. The Hall–Kier alpha value is -4.06. The van der Waals surface area contributed by atoms with Gasteiger partial charge in [0.15, 0.2) is 0 Å². The van der Waals surface area contributed by atoms with Crippen LogP contribution in [0, 0.1) is 0 Å². The summed E-state index contributed by atoms with van der Waals surface area (Å²) >= 11 is 0. The Balaban J connectivity index is 1.26. The summed E-state index contributed by atoms with van der Waals surface area (Å²) < 4.78 is 5.59. The third kappa shape index (κ3) is 3.63. The molecule has 1 fully saturated rings. The lowest BCUT2D eigenvalue weighted by Crippen LogP contribution is -2.31. The molecule has 6 rings (SSSR count). The number of aromatic amines is 2. The van der Waals surface area contributed by atoms with E-state index in [2.05, 4.69) is 46.4 Å². The Bertz CT molecular complexity index is 1440. The maximum atomic E-state index is 12.8. The number of hydrogen-bond acceptors (Lipinski definition) is 3. The van der Waals surface area contributed by atoms with Crippen LogP contribution in [0.15, 0.2) is 79.0 Å². The highest BCUT2D eigenvalue weighted by atomic mass is 16.6. The van der Waals surface area contributed by atoms with Gasteiger partial charge in [-0.05, 0) is 47.6 Å². The van der Waals surface area contributed by atoms with Gasteiger partial charge in [0.1, 0.15) is 12.4 Å². The molecule has 6 heteroatoms. The number of ether oxygens (including phenoxy) is 1. The standard InChI is InChI=1S/C27H24N4O2/c32-27(33-17-18-6-2-1-3-7-18)31-15-5-10-24(31)26-29-22-12-11-20(16-23(22)30-26)21-9-4-8-19-13-14-28-25(19)21/h1-4,6-9,11-14,16,24,28H,5,10,15,17H2,(H,29,30)/t24-/m1/s1. The first-order valence-corrected chi connectivity index (χ1v) is 11.3. The van der Waals surface area contributed by atoms with E-state index in [1.807, 2.05) is 42.6 Å². The molecular weight excluding hydrogens is 412 g/mol. The second kappa shape index (κ2) is 8.13. The SMILES string of the molecule is O=C(OCc1ccccc1)N1CCC[C@@H]1c1nc2ccc(-c3cccc4cc[nH]c34)cc2[nH]1. The van der Waals surface area contributed by atoms with Gasteiger partial charge in [0.05, 0.1) is 22.6 Å². The molecule has 0 spiro atoms. The van der Waals surface area contributed by atoms with Gasteiger partial charge in [-0.2, -0.15) is 0 Å². The number of para-hydroxylation sites is 1. The van der Waals surface area contributed by atoms with Crippen molar-refractivity contribution in [2.45, 2.75) is 25.5 Å². The fourth-order valence-corrected chi connectivity index (χ4v) is 4.75. The molecule has 33 heavy (non-hydrogen) atoms. The lowest BCUT2D eigenvalue weighted by atomic mass is 10.0. The maximum absolute atomic E-state index is 12.8. The second-order valence-corrected chi connectivity index (χ2v) is 8.49. The number of amides is 1. The van der Waals surface area contributed by atoms with Crippen LogP contribution in [0.25, 0.3) is 33.1 Å². The van der Waals surface area contributed by atoms with E-state index in [9.17, 15) is 4.79 Å². The molecular formula is C27H24N4O2. The number of carbonyl (C=O) groups excluding carboxylic acids is 1. The summed E-state index contributed by atoms with van der Waals surface area (Å²) in [4.78, 5) is 26.2. The minimum atomic E-state index is -0.291. The molecule has 2 aromatic heterocycles. The highest BCUT2D eigenvalue weighted by molar-refractivity contribution is 5.96. The summed E-state index contributed by atoms with van der Waals surface area (Å²) in [6, 6.07) is 24.3. The monoisotopic (exact) mass is 436 g/mol. The third-order valence-electron chi connectivity index (χ3n) is 6.41. The van der Waals surface area contributed by atoms with E-state index in [-0.39, 0.29) is 18.7 Å². The van der Waals surface area contributed by atoms with E-state index in [0.717, 1.165) is 51.9 Å². The Labute approximate surface area is 191 Å². The van der Waals surface area contributed by atoms with Crippen molar-refractivity contribution in [1.82, 2.24) is 19.9 Å². The van der Waals surface area contributed by atoms with E-state index in [1.54, 1.807) is 4.90 Å². The first-order valence-electron chi connectivity index (χ1n) is 11.3. The molecule has 1 amide bonds. The lowest BCUT2D eigenvalue weighted by molar-refractivity contribution is 0.0910. The van der Waals surface area contributed by atoms with Crippen LogP contribution in [0.3, 0.4) is 0 Å². The normalized spacial score (nSPS) is 16.0. The Morgan fingerprint density at radius 1 is 1.06 bits per heavy atom. The van der Waals surface area contributed by atoms with Gasteiger partial charge in [-0.25, -0.2) is 9.78 Å². The molecule has 5 aromatic rings. The minimum absolute atomic E-state index is 0.101. The number of fused-ring (bicyclic) bond motifs is 2. The summed E-state index contributed by atoms with van der Waals surface area (Å²) in [6.45, 7) is 0.950. The number of nitrogens with zero attached hydrogens (tertiary/aromatic N) is 2. The Morgan fingerprint density at radius 2 is 1.97 bits per heavy atom. The molecule has 3 aromatic carbocycles. The number of nitrogens with one attached hydrogen (secondary N) is 2. The fourth-order valence-electron chi connectivity index (χ4n) is 4.75. The van der Waals surface area contributed by atoms with Gasteiger partial charge in [-0.15, -0.1) is 0 Å². The smallest absolute Gasteiger partial charge is 0.410 e. The maximum Gasteiger partial charge on any atom is 0.410 e. The van der Waals surface area contributed by atoms with Gasteiger partial charge in [0.2, 0.25) is 0 Å². The van der Waals surface area contributed by atoms with Crippen LogP contribution in [-0.2, 0) is 11.3 Å². The molecule has 1 aliphatic rings. The van der Waals surface area contributed by atoms with Gasteiger partial charge in [-0.1, -0.05) is 54.6 Å². The number of aromatic nitrogens is 3. The summed E-state index contributed by atoms with van der Waals surface area (Å²) in [5, 5.41) is 1.19. The zero-order valence-electron chi connectivity index (χ0n) is 18.1. The van der Waals surface area contributed by atoms with Crippen molar-refractivity contribution >= 4 is 28.0 Å². The number of H-pyrrole nitrogens is 2. The first-order chi connectivity index (χ1) is 16.3. The van der Waals surface area contributed by atoms with Crippen molar-refractivity contribution in [3.05, 3.63) is 90.4 Å². The number of likely N-dealkylation sites (tertiary alicyclic amines) is 1. The van der Waals surface area contributed by atoms with Gasteiger partial charge < -0.3 is 14.7 Å². The third-order valence-corrected chi connectivity index (χ3v) is 6.41. The predicted octanol–water partition coefficient (Wildman–Crippen LogP) is 6.18. The molecule has 1 saturated heterocycles. The molecule has 164 valence electrons. The molecule has 0 bridgehead atoms. The first kappa shape index (κ1) is 19.6. The van der Waals surface area contributed by atoms with Crippen LogP contribution in [0.4, 0.5) is 4.79 Å². The lowest BCUT2D eigenvalue weighted by Gasteiger charge is -2.22. The molecule has 0 radical (unpaired) electrons. The molecule has 3 heterocycles. The van der Waals surface area contributed by atoms with Gasteiger partial charge in [-0.3, -0.25) is 4.90 Å². The average molecular weight is 437 g/mol. The van der Waals surface area contributed by atoms with E-state index in [1.165, 1.54) is 5.39 Å². The van der Waals surface area contributed by atoms with Gasteiger partial charge >= 0.3 is 6.09 Å². The van der Waals surface area contributed by atoms with Crippen molar-refractivity contribution in [1.29, 1.82) is 0 Å². The summed E-state index contributed by atoms with van der Waals surface area (Å²) in [6.07, 6.45) is 3.48. The minimum Gasteiger partial charge on any atom is -0.445 e. The zero-order valence-corrected chi connectivity index (χ0v) is 18.1. The number of carbonyl (C=O) groups is 1. The van der Waals surface area contributed by atoms with Crippen molar-refractivity contribution in [3.63, 3.8) is 0 Å². The highest BCUT2D eigenvalue weighted by Gasteiger charge is 2.33. The topological polar surface area (TPSA) is 74.0 Å². The summed E-state index contributed by atoms with van der Waals surface area (Å²) in [7, 11) is 0. The van der Waals surface area contributed by atoms with Crippen LogP contribution < -0.4 is 0 Å². The van der Waals surface area contributed by atoms with Crippen molar-refractivity contribution in [3.8, 4) is 11.1 Å². The molecule has 2 N–H and O–H groups in total. The van der Waals surface area contributed by atoms with Gasteiger partial charge in [0.25, 0.3) is 0 Å². The highest BCUT2D eigenvalue weighted by Crippen LogP contribution is 2.34. The molecule has 1 aliphatic heterocycles. The molecule has 6 nitrogen and oxygen atoms in total. The van der Waals surface area contributed by atoms with Crippen LogP contribution in [0.5, 0.6) is 0 Å². The molecule has 0 saturated carbocycles.